The van der Waals surface area contributed by atoms with Gasteiger partial charge in [0.1, 0.15) is 0 Å². The third-order valence-corrected chi connectivity index (χ3v) is 4.93. The van der Waals surface area contributed by atoms with Gasteiger partial charge in [-0.1, -0.05) is 69.9 Å². The van der Waals surface area contributed by atoms with Crippen molar-refractivity contribution in [2.24, 2.45) is 11.8 Å². The van der Waals surface area contributed by atoms with Crippen molar-refractivity contribution in [1.29, 1.82) is 0 Å². The summed E-state index contributed by atoms with van der Waals surface area (Å²) in [5, 5.41) is 11.4. The molecule has 0 aliphatic rings. The summed E-state index contributed by atoms with van der Waals surface area (Å²) < 4.78 is 0. The normalized spacial score (nSPS) is 13.1. The van der Waals surface area contributed by atoms with Crippen LogP contribution in [0.4, 0.5) is 0 Å². The van der Waals surface area contributed by atoms with Crippen molar-refractivity contribution in [2.45, 2.75) is 58.9 Å². The van der Waals surface area contributed by atoms with Gasteiger partial charge in [-0.3, -0.25) is 14.8 Å². The van der Waals surface area contributed by atoms with E-state index < -0.39 is 5.91 Å². The zero-order valence-corrected chi connectivity index (χ0v) is 17.1. The average molecular weight is 387 g/mol. The topological polar surface area (TPSA) is 78.4 Å². The molecular weight excluding hydrogens is 352 g/mol. The van der Waals surface area contributed by atoms with Gasteiger partial charge in [-0.15, -0.1) is 6.58 Å². The Bertz CT molecular complexity index is 638. The Morgan fingerprint density at radius 1 is 1.21 bits per heavy atom. The van der Waals surface area contributed by atoms with Crippen molar-refractivity contribution in [3.63, 3.8) is 0 Å². The van der Waals surface area contributed by atoms with Crippen molar-refractivity contribution < 1.29 is 14.8 Å². The monoisotopic (exact) mass is 386 g/mol. The molecule has 1 rings (SSSR count). The van der Waals surface area contributed by atoms with E-state index in [0.29, 0.717) is 18.9 Å². The molecular formula is C23H34N2O3. The van der Waals surface area contributed by atoms with Crippen molar-refractivity contribution in [2.75, 3.05) is 0 Å². The molecule has 0 saturated carbocycles. The number of amides is 2. The van der Waals surface area contributed by atoms with E-state index >= 15 is 0 Å². The SMILES string of the molecule is C=CCC(CC)CCCC(C)CC(=O)NCc1ccc(/C=C/C(=O)NO)cc1. The molecule has 1 aromatic carbocycles. The lowest BCUT2D eigenvalue weighted by Gasteiger charge is -2.15. The average Bonchev–Trinajstić information content (AvgIpc) is 2.70. The highest BCUT2D eigenvalue weighted by molar-refractivity contribution is 5.90. The summed E-state index contributed by atoms with van der Waals surface area (Å²) in [6.07, 6.45) is 11.1. The Balaban J connectivity index is 2.31. The van der Waals surface area contributed by atoms with E-state index in [0.717, 1.165) is 36.3 Å². The summed E-state index contributed by atoms with van der Waals surface area (Å²) in [4.78, 5) is 23.1. The maximum Gasteiger partial charge on any atom is 0.267 e. The van der Waals surface area contributed by atoms with Crippen LogP contribution < -0.4 is 10.8 Å². The minimum Gasteiger partial charge on any atom is -0.352 e. The van der Waals surface area contributed by atoms with Crippen LogP contribution in [0, 0.1) is 11.8 Å². The van der Waals surface area contributed by atoms with Gasteiger partial charge in [-0.2, -0.15) is 0 Å². The summed E-state index contributed by atoms with van der Waals surface area (Å²) in [5.41, 5.74) is 3.39. The van der Waals surface area contributed by atoms with E-state index in [1.807, 2.05) is 30.3 Å². The molecule has 0 saturated heterocycles. The molecule has 0 spiro atoms. The van der Waals surface area contributed by atoms with Gasteiger partial charge in [0.2, 0.25) is 5.91 Å². The Morgan fingerprint density at radius 2 is 1.93 bits per heavy atom. The molecule has 0 heterocycles. The smallest absolute Gasteiger partial charge is 0.267 e. The molecule has 0 bridgehead atoms. The van der Waals surface area contributed by atoms with Gasteiger partial charge in [0.15, 0.2) is 0 Å². The van der Waals surface area contributed by atoms with Crippen LogP contribution in [0.5, 0.6) is 0 Å². The van der Waals surface area contributed by atoms with E-state index in [2.05, 4.69) is 25.7 Å². The van der Waals surface area contributed by atoms with Gasteiger partial charge in [-0.25, -0.2) is 5.48 Å². The largest absolute Gasteiger partial charge is 0.352 e. The maximum atomic E-state index is 12.2. The Morgan fingerprint density at radius 3 is 2.54 bits per heavy atom. The van der Waals surface area contributed by atoms with Crippen molar-refractivity contribution >= 4 is 17.9 Å². The molecule has 5 heteroatoms. The maximum absolute atomic E-state index is 12.2. The van der Waals surface area contributed by atoms with Crippen LogP contribution in [0.1, 0.15) is 63.5 Å². The van der Waals surface area contributed by atoms with Gasteiger partial charge >= 0.3 is 0 Å². The fraction of sp³-hybridized carbons (Fsp3) is 0.478. The van der Waals surface area contributed by atoms with Crippen LogP contribution in [-0.4, -0.2) is 17.0 Å². The zero-order valence-electron chi connectivity index (χ0n) is 17.1. The van der Waals surface area contributed by atoms with E-state index in [9.17, 15) is 9.59 Å². The molecule has 0 aromatic heterocycles. The highest BCUT2D eigenvalue weighted by atomic mass is 16.5. The second-order valence-corrected chi connectivity index (χ2v) is 7.37. The number of hydroxylamine groups is 1. The minimum atomic E-state index is -0.573. The first-order chi connectivity index (χ1) is 13.5. The van der Waals surface area contributed by atoms with Crippen LogP contribution in [0.15, 0.2) is 43.0 Å². The molecule has 1 aromatic rings. The lowest BCUT2D eigenvalue weighted by molar-refractivity contribution is -0.124. The van der Waals surface area contributed by atoms with Crippen molar-refractivity contribution in [3.8, 4) is 0 Å². The first-order valence-electron chi connectivity index (χ1n) is 10.1. The highest BCUT2D eigenvalue weighted by Gasteiger charge is 2.10. The Hall–Kier alpha value is -2.40. The standard InChI is InChI=1S/C23H34N2O3/c1-4-7-19(5-2)9-6-8-18(3)16-23(27)24-17-21-12-10-20(11-13-21)14-15-22(26)25-28/h4,10-15,18-19,28H,1,5-9,16-17H2,2-3H3,(H,24,27)(H,25,26)/b15-14+. The molecule has 0 aliphatic carbocycles. The van der Waals surface area contributed by atoms with Crippen LogP contribution in [0.2, 0.25) is 0 Å². The van der Waals surface area contributed by atoms with Crippen LogP contribution in [0.25, 0.3) is 6.08 Å². The molecule has 0 radical (unpaired) electrons. The molecule has 5 nitrogen and oxygen atoms in total. The second kappa shape index (κ2) is 13.7. The Labute approximate surface area is 168 Å². The minimum absolute atomic E-state index is 0.0780. The first-order valence-corrected chi connectivity index (χ1v) is 10.1. The molecule has 0 fully saturated rings. The zero-order chi connectivity index (χ0) is 20.8. The van der Waals surface area contributed by atoms with Crippen LogP contribution in [0.3, 0.4) is 0 Å². The third-order valence-electron chi connectivity index (χ3n) is 4.93. The highest BCUT2D eigenvalue weighted by Crippen LogP contribution is 2.20. The fourth-order valence-electron chi connectivity index (χ4n) is 3.13. The summed E-state index contributed by atoms with van der Waals surface area (Å²) in [7, 11) is 0. The van der Waals surface area contributed by atoms with E-state index in [1.54, 1.807) is 11.6 Å². The van der Waals surface area contributed by atoms with Gasteiger partial charge in [0.05, 0.1) is 0 Å². The first kappa shape index (κ1) is 23.6. The summed E-state index contributed by atoms with van der Waals surface area (Å²) in [5.74, 6) is 0.603. The number of carbonyl (C=O) groups excluding carboxylic acids is 2. The number of allylic oxidation sites excluding steroid dienone is 1. The number of nitrogens with one attached hydrogen (secondary N) is 2. The summed E-state index contributed by atoms with van der Waals surface area (Å²) in [6.45, 7) is 8.67. The predicted molar refractivity (Wildman–Crippen MR) is 113 cm³/mol. The van der Waals surface area contributed by atoms with E-state index in [4.69, 9.17) is 5.21 Å². The lowest BCUT2D eigenvalue weighted by Crippen LogP contribution is -2.24. The fourth-order valence-corrected chi connectivity index (χ4v) is 3.13. The second-order valence-electron chi connectivity index (χ2n) is 7.37. The lowest BCUT2D eigenvalue weighted by atomic mass is 9.92. The number of carbonyl (C=O) groups is 2. The molecule has 28 heavy (non-hydrogen) atoms. The van der Waals surface area contributed by atoms with E-state index in [1.165, 1.54) is 18.9 Å². The Kier molecular flexibility index (Phi) is 11.6. The summed E-state index contributed by atoms with van der Waals surface area (Å²) >= 11 is 0. The molecule has 2 atom stereocenters. The van der Waals surface area contributed by atoms with E-state index in [-0.39, 0.29) is 5.91 Å². The predicted octanol–water partition coefficient (Wildman–Crippen LogP) is 4.62. The van der Waals surface area contributed by atoms with Crippen LogP contribution >= 0.6 is 0 Å². The van der Waals surface area contributed by atoms with Crippen LogP contribution in [-0.2, 0) is 16.1 Å². The van der Waals surface area contributed by atoms with Crippen molar-refractivity contribution in [1.82, 2.24) is 10.8 Å². The van der Waals surface area contributed by atoms with Gasteiger partial charge in [0, 0.05) is 19.0 Å². The van der Waals surface area contributed by atoms with Gasteiger partial charge in [0.25, 0.3) is 5.91 Å². The quantitative estimate of drug-likeness (QED) is 0.200. The molecule has 154 valence electrons. The molecule has 2 amide bonds. The number of rotatable bonds is 13. The summed E-state index contributed by atoms with van der Waals surface area (Å²) in [6, 6.07) is 7.53. The molecule has 3 N–H and O–H groups in total. The molecule has 2 unspecified atom stereocenters. The third kappa shape index (κ3) is 10.1. The molecule has 0 aliphatic heterocycles. The number of hydrogen-bond acceptors (Lipinski definition) is 3. The number of hydrogen-bond donors (Lipinski definition) is 3. The van der Waals surface area contributed by atoms with Gasteiger partial charge < -0.3 is 5.32 Å². The van der Waals surface area contributed by atoms with Crippen molar-refractivity contribution in [3.05, 3.63) is 54.1 Å². The number of benzene rings is 1. The van der Waals surface area contributed by atoms with Gasteiger partial charge in [-0.05, 0) is 35.5 Å².